The first-order valence-corrected chi connectivity index (χ1v) is 8.98. The predicted octanol–water partition coefficient (Wildman–Crippen LogP) is 3.45. The summed E-state index contributed by atoms with van der Waals surface area (Å²) < 4.78 is 27.2. The molecule has 2 atom stereocenters. The molecule has 10 heteroatoms. The number of carbonyl (C=O) groups excluding carboxylic acids is 1. The van der Waals surface area contributed by atoms with Gasteiger partial charge in [0, 0.05) is 0 Å². The number of halogens is 1. The van der Waals surface area contributed by atoms with E-state index in [0.29, 0.717) is 16.4 Å². The van der Waals surface area contributed by atoms with Crippen LogP contribution in [0.5, 0.6) is 5.75 Å². The summed E-state index contributed by atoms with van der Waals surface area (Å²) in [5.74, 6) is 0.452. The Morgan fingerprint density at radius 3 is 2.50 bits per heavy atom. The van der Waals surface area contributed by atoms with Crippen LogP contribution in [0.4, 0.5) is 4.79 Å². The summed E-state index contributed by atoms with van der Waals surface area (Å²) in [7, 11) is -3.27. The Bertz CT molecular complexity index is 541. The molecule has 2 unspecified atom stereocenters. The molecule has 8 nitrogen and oxygen atoms in total. The van der Waals surface area contributed by atoms with E-state index < -0.39 is 19.7 Å². The number of hydrogen-bond acceptors (Lipinski definition) is 6. The largest absolute Gasteiger partial charge is 0.481 e. The van der Waals surface area contributed by atoms with Crippen molar-refractivity contribution in [2.24, 2.45) is 5.73 Å². The summed E-state index contributed by atoms with van der Waals surface area (Å²) in [4.78, 5) is 10.9. The number of carbonyl (C=O) groups is 1. The third kappa shape index (κ3) is 5.40. The fourth-order valence-electron chi connectivity index (χ4n) is 1.60. The van der Waals surface area contributed by atoms with Crippen LogP contribution in [-0.2, 0) is 11.9 Å². The fraction of sp³-hybridized carbons (Fsp3) is 0.417. The van der Waals surface area contributed by atoms with Gasteiger partial charge in [0.05, 0.1) is 12.6 Å². The van der Waals surface area contributed by atoms with E-state index in [4.69, 9.17) is 17.8 Å². The summed E-state index contributed by atoms with van der Waals surface area (Å²) in [5, 5.41) is 9.91. The van der Waals surface area contributed by atoms with Gasteiger partial charge in [0.1, 0.15) is 28.8 Å². The van der Waals surface area contributed by atoms with Crippen LogP contribution < -0.4 is 10.5 Å². The lowest BCUT2D eigenvalue weighted by atomic mass is 10.1. The third-order valence-electron chi connectivity index (χ3n) is 2.78. The Morgan fingerprint density at radius 1 is 1.45 bits per heavy atom. The molecule has 0 aliphatic rings. The Kier molecular flexibility index (Phi) is 7.57. The van der Waals surface area contributed by atoms with Crippen LogP contribution in [0.25, 0.3) is 0 Å². The first kappa shape index (κ1) is 19.2. The number of benzene rings is 1. The van der Waals surface area contributed by atoms with Crippen molar-refractivity contribution in [3.63, 3.8) is 0 Å². The van der Waals surface area contributed by atoms with Crippen LogP contribution in [-0.4, -0.2) is 29.3 Å². The van der Waals surface area contributed by atoms with Gasteiger partial charge >= 0.3 is 13.6 Å². The summed E-state index contributed by atoms with van der Waals surface area (Å²) in [5.41, 5.74) is 5.66. The summed E-state index contributed by atoms with van der Waals surface area (Å²) >= 11 is 1.51. The first-order valence-electron chi connectivity index (χ1n) is 6.37. The second-order valence-corrected chi connectivity index (χ2v) is 7.36. The summed E-state index contributed by atoms with van der Waals surface area (Å²) in [6.07, 6.45) is -0.216. The third-order valence-corrected chi connectivity index (χ3v) is 5.88. The first-order chi connectivity index (χ1) is 10.3. The number of urea groups is 1. The number of amides is 2. The maximum absolute atomic E-state index is 12.0. The molecule has 0 saturated carbocycles. The Balaban J connectivity index is 2.69. The molecule has 0 bridgehead atoms. The van der Waals surface area contributed by atoms with Crippen LogP contribution in [0.3, 0.4) is 0 Å². The van der Waals surface area contributed by atoms with Gasteiger partial charge in [0.15, 0.2) is 6.35 Å². The van der Waals surface area contributed by atoms with E-state index in [0.717, 1.165) is 0 Å². The Morgan fingerprint density at radius 2 is 2.05 bits per heavy atom. The van der Waals surface area contributed by atoms with Gasteiger partial charge in [-0.25, -0.2) is 7.65 Å². The lowest BCUT2D eigenvalue weighted by Gasteiger charge is -2.21. The van der Waals surface area contributed by atoms with Gasteiger partial charge in [-0.15, -0.1) is 0 Å². The molecule has 2 amide bonds. The smallest absolute Gasteiger partial charge is 0.377 e. The zero-order valence-electron chi connectivity index (χ0n) is 12.1. The standard InChI is InChI=1S/C12H18IN2O6P/c1-3-20-22(18,21-13)8-19-11-6-4-10(5-7-11)9(2)15(17)12(14)16/h4-7,9,17H,3,8H2,1-2H3,(H2,14,16). The van der Waals surface area contributed by atoms with Crippen molar-refractivity contribution in [2.45, 2.75) is 19.9 Å². The lowest BCUT2D eigenvalue weighted by molar-refractivity contribution is -0.0710. The quantitative estimate of drug-likeness (QED) is 0.275. The zero-order chi connectivity index (χ0) is 16.8. The molecule has 0 saturated heterocycles. The van der Waals surface area contributed by atoms with Gasteiger partial charge in [-0.05, 0) is 31.5 Å². The van der Waals surface area contributed by atoms with Crippen LogP contribution in [0, 0.1) is 0 Å². The molecule has 0 fully saturated rings. The highest BCUT2D eigenvalue weighted by molar-refractivity contribution is 14.1. The minimum absolute atomic E-state index is 0.216. The summed E-state index contributed by atoms with van der Waals surface area (Å²) in [6.45, 7) is 3.57. The molecule has 1 aromatic carbocycles. The molecule has 3 N–H and O–H groups in total. The fourth-order valence-corrected chi connectivity index (χ4v) is 3.14. The van der Waals surface area contributed by atoms with Crippen molar-refractivity contribution in [1.82, 2.24) is 5.06 Å². The van der Waals surface area contributed by atoms with E-state index in [-0.39, 0.29) is 13.0 Å². The second kappa shape index (κ2) is 8.68. The van der Waals surface area contributed by atoms with Crippen molar-refractivity contribution in [3.8, 4) is 5.75 Å². The number of rotatable bonds is 8. The lowest BCUT2D eigenvalue weighted by Crippen LogP contribution is -2.34. The van der Waals surface area contributed by atoms with Crippen LogP contribution in [0.2, 0.25) is 0 Å². The minimum atomic E-state index is -3.27. The minimum Gasteiger partial charge on any atom is -0.481 e. The molecule has 1 aromatic rings. The average Bonchev–Trinajstić information content (AvgIpc) is 2.52. The molecule has 0 aliphatic heterocycles. The van der Waals surface area contributed by atoms with Crippen LogP contribution >= 0.6 is 30.6 Å². The van der Waals surface area contributed by atoms with Gasteiger partial charge in [-0.2, -0.15) is 5.06 Å². The van der Waals surface area contributed by atoms with Gasteiger partial charge < -0.3 is 15.0 Å². The highest BCUT2D eigenvalue weighted by Crippen LogP contribution is 2.50. The van der Waals surface area contributed by atoms with Crippen LogP contribution in [0.1, 0.15) is 25.5 Å². The monoisotopic (exact) mass is 444 g/mol. The normalized spacial score (nSPS) is 14.9. The molecular weight excluding hydrogens is 426 g/mol. The molecule has 0 aromatic heterocycles. The number of primary amides is 1. The van der Waals surface area contributed by atoms with E-state index in [2.05, 4.69) is 0 Å². The van der Waals surface area contributed by atoms with E-state index in [9.17, 15) is 14.6 Å². The van der Waals surface area contributed by atoms with Gasteiger partial charge in [-0.1, -0.05) is 12.1 Å². The maximum atomic E-state index is 12.0. The van der Waals surface area contributed by atoms with Crippen LogP contribution in [0.15, 0.2) is 24.3 Å². The number of hydroxylamine groups is 2. The number of hydrogen-bond donors (Lipinski definition) is 2. The molecule has 0 radical (unpaired) electrons. The predicted molar refractivity (Wildman–Crippen MR) is 87.9 cm³/mol. The number of nitrogens with zero attached hydrogens (tertiary/aromatic N) is 1. The molecule has 0 aliphatic carbocycles. The topological polar surface area (TPSA) is 111 Å². The van der Waals surface area contributed by atoms with E-state index >= 15 is 0 Å². The summed E-state index contributed by atoms with van der Waals surface area (Å²) in [6, 6.07) is 5.00. The average molecular weight is 444 g/mol. The van der Waals surface area contributed by atoms with E-state index in [1.54, 1.807) is 38.1 Å². The number of nitrogens with two attached hydrogens (primary N) is 1. The van der Waals surface area contributed by atoms with Crippen molar-refractivity contribution in [2.75, 3.05) is 13.0 Å². The maximum Gasteiger partial charge on any atom is 0.377 e. The van der Waals surface area contributed by atoms with Crippen molar-refractivity contribution in [1.29, 1.82) is 0 Å². The molecule has 1 rings (SSSR count). The molecular formula is C12H18IN2O6P. The zero-order valence-corrected chi connectivity index (χ0v) is 15.2. The highest BCUT2D eigenvalue weighted by atomic mass is 127. The molecule has 0 spiro atoms. The van der Waals surface area contributed by atoms with Gasteiger partial charge in [0.25, 0.3) is 0 Å². The SMILES string of the molecule is CCOP(=O)(COc1ccc(C(C)N(O)C(N)=O)cc1)OI. The second-order valence-electron chi connectivity index (χ2n) is 4.30. The van der Waals surface area contributed by atoms with Crippen molar-refractivity contribution >= 4 is 36.6 Å². The molecule has 22 heavy (non-hydrogen) atoms. The van der Waals surface area contributed by atoms with Gasteiger partial charge in [0.2, 0.25) is 0 Å². The molecule has 0 heterocycles. The van der Waals surface area contributed by atoms with Crippen molar-refractivity contribution in [3.05, 3.63) is 29.8 Å². The molecule has 124 valence electrons. The van der Waals surface area contributed by atoms with E-state index in [1.165, 1.54) is 23.0 Å². The Labute approximate surface area is 142 Å². The van der Waals surface area contributed by atoms with E-state index in [1.807, 2.05) is 0 Å². The van der Waals surface area contributed by atoms with Gasteiger partial charge in [-0.3, -0.25) is 9.77 Å². The van der Waals surface area contributed by atoms with Crippen molar-refractivity contribution < 1.29 is 26.7 Å². The highest BCUT2D eigenvalue weighted by Gasteiger charge is 2.24. The Hall–Kier alpha value is -0.870. The number of ether oxygens (including phenoxy) is 1.